The van der Waals surface area contributed by atoms with Crippen molar-refractivity contribution in [1.29, 1.82) is 0 Å². The number of benzene rings is 1. The van der Waals surface area contributed by atoms with E-state index in [4.69, 9.17) is 5.11 Å². The Morgan fingerprint density at radius 2 is 1.76 bits per heavy atom. The lowest BCUT2D eigenvalue weighted by molar-refractivity contribution is -0.139. The minimum Gasteiger partial charge on any atom is -0.481 e. The molecule has 0 aromatic heterocycles. The van der Waals surface area contributed by atoms with Gasteiger partial charge in [0.25, 0.3) is 0 Å². The largest absolute Gasteiger partial charge is 0.481 e. The van der Waals surface area contributed by atoms with E-state index in [0.29, 0.717) is 5.56 Å². The molecule has 17 heavy (non-hydrogen) atoms. The average Bonchev–Trinajstić information content (AvgIpc) is 2.18. The topological polar surface area (TPSA) is 46.5 Å². The fourth-order valence-electron chi connectivity index (χ4n) is 1.67. The van der Waals surface area contributed by atoms with Crippen LogP contribution in [0, 0.1) is 5.92 Å². The van der Waals surface area contributed by atoms with Crippen LogP contribution in [0.3, 0.4) is 0 Å². The zero-order valence-corrected chi connectivity index (χ0v) is 9.56. The first-order chi connectivity index (χ1) is 7.91. The number of rotatable bonds is 5. The van der Waals surface area contributed by atoms with Gasteiger partial charge in [0.05, 0.1) is 5.92 Å². The molecular weight excluding hydrogens is 230 g/mol. The molecular formula is C12H14F2O3. The zero-order chi connectivity index (χ0) is 13.0. The molecule has 0 saturated carbocycles. The molecule has 0 saturated heterocycles. The number of hydrogen-bond acceptors (Lipinski definition) is 2. The number of hydrogen-bond donors (Lipinski definition) is 1. The van der Waals surface area contributed by atoms with Gasteiger partial charge in [-0.1, -0.05) is 26.0 Å². The Labute approximate surface area is 98.0 Å². The lowest BCUT2D eigenvalue weighted by atomic mass is 9.88. The first-order valence-electron chi connectivity index (χ1n) is 5.19. The molecule has 1 unspecified atom stereocenters. The molecule has 0 heterocycles. The Hall–Kier alpha value is -1.65. The second-order valence-corrected chi connectivity index (χ2v) is 4.01. The molecule has 1 rings (SSSR count). The lowest BCUT2D eigenvalue weighted by Gasteiger charge is -2.16. The van der Waals surface area contributed by atoms with E-state index in [1.807, 2.05) is 0 Å². The van der Waals surface area contributed by atoms with Gasteiger partial charge in [-0.05, 0) is 23.6 Å². The molecule has 5 heteroatoms. The number of ether oxygens (including phenoxy) is 1. The molecule has 0 aliphatic rings. The van der Waals surface area contributed by atoms with Crippen molar-refractivity contribution in [3.8, 4) is 5.75 Å². The van der Waals surface area contributed by atoms with Crippen LogP contribution in [0.1, 0.15) is 25.3 Å². The van der Waals surface area contributed by atoms with E-state index < -0.39 is 18.5 Å². The van der Waals surface area contributed by atoms with Crippen LogP contribution in [0.25, 0.3) is 0 Å². The molecule has 3 nitrogen and oxygen atoms in total. The molecule has 0 radical (unpaired) electrons. The molecule has 1 aromatic carbocycles. The minimum absolute atomic E-state index is 0.0247. The van der Waals surface area contributed by atoms with Crippen LogP contribution in [-0.2, 0) is 4.79 Å². The maximum absolute atomic E-state index is 11.9. The van der Waals surface area contributed by atoms with Crippen molar-refractivity contribution in [2.24, 2.45) is 5.92 Å². The Kier molecular flexibility index (Phi) is 4.43. The van der Waals surface area contributed by atoms with E-state index in [2.05, 4.69) is 4.74 Å². The second-order valence-electron chi connectivity index (χ2n) is 4.01. The second kappa shape index (κ2) is 5.61. The summed E-state index contributed by atoms with van der Waals surface area (Å²) in [5, 5.41) is 9.06. The van der Waals surface area contributed by atoms with Gasteiger partial charge in [-0.25, -0.2) is 0 Å². The van der Waals surface area contributed by atoms with Crippen molar-refractivity contribution in [2.75, 3.05) is 0 Å². The highest BCUT2D eigenvalue weighted by molar-refractivity contribution is 5.76. The number of carboxylic acid groups (broad SMARTS) is 1. The summed E-state index contributed by atoms with van der Waals surface area (Å²) < 4.78 is 28.0. The molecule has 1 aromatic rings. The SMILES string of the molecule is CC(C)C(C(=O)O)c1ccc(OC(F)F)cc1. The van der Waals surface area contributed by atoms with Crippen molar-refractivity contribution in [3.05, 3.63) is 29.8 Å². The number of halogens is 2. The van der Waals surface area contributed by atoms with Crippen molar-refractivity contribution in [1.82, 2.24) is 0 Å². The van der Waals surface area contributed by atoms with Gasteiger partial charge >= 0.3 is 12.6 Å². The van der Waals surface area contributed by atoms with Gasteiger partial charge in [-0.15, -0.1) is 0 Å². The number of carbonyl (C=O) groups is 1. The summed E-state index contributed by atoms with van der Waals surface area (Å²) in [6.45, 7) is 0.714. The van der Waals surface area contributed by atoms with Gasteiger partial charge in [0.2, 0.25) is 0 Å². The van der Waals surface area contributed by atoms with Crippen LogP contribution >= 0.6 is 0 Å². The Balaban J connectivity index is 2.88. The summed E-state index contributed by atoms with van der Waals surface area (Å²) in [7, 11) is 0. The van der Waals surface area contributed by atoms with Crippen molar-refractivity contribution in [2.45, 2.75) is 26.4 Å². The van der Waals surface area contributed by atoms with Gasteiger partial charge in [-0.3, -0.25) is 4.79 Å². The van der Waals surface area contributed by atoms with E-state index in [9.17, 15) is 13.6 Å². The molecule has 0 spiro atoms. The summed E-state index contributed by atoms with van der Waals surface area (Å²) in [5.41, 5.74) is 0.578. The first-order valence-corrected chi connectivity index (χ1v) is 5.19. The summed E-state index contributed by atoms with van der Waals surface area (Å²) in [6.07, 6.45) is 0. The molecule has 0 aliphatic heterocycles. The quantitative estimate of drug-likeness (QED) is 0.865. The third kappa shape index (κ3) is 3.69. The molecule has 94 valence electrons. The van der Waals surface area contributed by atoms with Crippen LogP contribution < -0.4 is 4.74 Å². The van der Waals surface area contributed by atoms with Gasteiger partial charge in [0.15, 0.2) is 0 Å². The van der Waals surface area contributed by atoms with Crippen molar-refractivity contribution >= 4 is 5.97 Å². The predicted octanol–water partition coefficient (Wildman–Crippen LogP) is 3.11. The van der Waals surface area contributed by atoms with Crippen LogP contribution in [-0.4, -0.2) is 17.7 Å². The normalized spacial score (nSPS) is 12.8. The smallest absolute Gasteiger partial charge is 0.387 e. The highest BCUT2D eigenvalue weighted by Crippen LogP contribution is 2.26. The standard InChI is InChI=1S/C12H14F2O3/c1-7(2)10(11(15)16)8-3-5-9(6-4-8)17-12(13)14/h3-7,10,12H,1-2H3,(H,15,16). The number of aliphatic carboxylic acids is 1. The monoisotopic (exact) mass is 244 g/mol. The maximum atomic E-state index is 11.9. The molecule has 0 bridgehead atoms. The molecule has 1 N–H and O–H groups in total. The Morgan fingerprint density at radius 3 is 2.12 bits per heavy atom. The van der Waals surface area contributed by atoms with Crippen LogP contribution in [0.5, 0.6) is 5.75 Å². The highest BCUT2D eigenvalue weighted by Gasteiger charge is 2.23. The summed E-state index contributed by atoms with van der Waals surface area (Å²) >= 11 is 0. The Bertz CT molecular complexity index is 374. The number of carboxylic acids is 1. The van der Waals surface area contributed by atoms with Crippen LogP contribution in [0.2, 0.25) is 0 Å². The van der Waals surface area contributed by atoms with Crippen LogP contribution in [0.4, 0.5) is 8.78 Å². The van der Waals surface area contributed by atoms with Gasteiger partial charge < -0.3 is 9.84 Å². The van der Waals surface area contributed by atoms with E-state index in [-0.39, 0.29) is 11.7 Å². The van der Waals surface area contributed by atoms with Crippen LogP contribution in [0.15, 0.2) is 24.3 Å². The van der Waals surface area contributed by atoms with E-state index in [1.54, 1.807) is 13.8 Å². The summed E-state index contributed by atoms with van der Waals surface area (Å²) in [4.78, 5) is 11.1. The third-order valence-corrected chi connectivity index (χ3v) is 2.40. The van der Waals surface area contributed by atoms with Crippen molar-refractivity contribution < 1.29 is 23.4 Å². The maximum Gasteiger partial charge on any atom is 0.387 e. The summed E-state index contributed by atoms with van der Waals surface area (Å²) in [5.74, 6) is -1.62. The Morgan fingerprint density at radius 1 is 1.24 bits per heavy atom. The number of alkyl halides is 2. The van der Waals surface area contributed by atoms with Gasteiger partial charge in [-0.2, -0.15) is 8.78 Å². The van der Waals surface area contributed by atoms with Gasteiger partial charge in [0, 0.05) is 0 Å². The zero-order valence-electron chi connectivity index (χ0n) is 9.56. The first kappa shape index (κ1) is 13.4. The fraction of sp³-hybridized carbons (Fsp3) is 0.417. The van der Waals surface area contributed by atoms with Gasteiger partial charge in [0.1, 0.15) is 5.75 Å². The molecule has 0 fully saturated rings. The molecule has 0 aliphatic carbocycles. The lowest BCUT2D eigenvalue weighted by Crippen LogP contribution is -2.17. The molecule has 1 atom stereocenters. The van der Waals surface area contributed by atoms with Crippen molar-refractivity contribution in [3.63, 3.8) is 0 Å². The van der Waals surface area contributed by atoms with E-state index >= 15 is 0 Å². The van der Waals surface area contributed by atoms with E-state index in [0.717, 1.165) is 0 Å². The molecule has 0 amide bonds. The highest BCUT2D eigenvalue weighted by atomic mass is 19.3. The minimum atomic E-state index is -2.87. The average molecular weight is 244 g/mol. The summed E-state index contributed by atoms with van der Waals surface area (Å²) in [6, 6.07) is 5.69. The third-order valence-electron chi connectivity index (χ3n) is 2.40. The van der Waals surface area contributed by atoms with E-state index in [1.165, 1.54) is 24.3 Å². The predicted molar refractivity (Wildman–Crippen MR) is 58.3 cm³/mol. The fourth-order valence-corrected chi connectivity index (χ4v) is 1.67.